The number of nitrogens with zero attached hydrogens (tertiary/aromatic N) is 5. The highest BCUT2D eigenvalue weighted by molar-refractivity contribution is 6.00. The minimum absolute atomic E-state index is 0.0677. The molecule has 0 spiro atoms. The third-order valence-electron chi connectivity index (χ3n) is 6.23. The van der Waals surface area contributed by atoms with Crippen LogP contribution in [0.1, 0.15) is 36.3 Å². The Bertz CT molecular complexity index is 1460. The van der Waals surface area contributed by atoms with Crippen molar-refractivity contribution < 1.29 is 19.0 Å². The van der Waals surface area contributed by atoms with E-state index in [1.807, 2.05) is 36.4 Å². The van der Waals surface area contributed by atoms with Gasteiger partial charge in [-0.2, -0.15) is 0 Å². The van der Waals surface area contributed by atoms with E-state index in [1.165, 1.54) is 0 Å². The smallest absolute Gasteiger partial charge is 0.228 e. The van der Waals surface area contributed by atoms with Crippen LogP contribution >= 0.6 is 0 Å². The molecule has 1 aromatic carbocycles. The van der Waals surface area contributed by atoms with E-state index in [2.05, 4.69) is 15.1 Å². The average molecular weight is 455 g/mol. The fraction of sp³-hybridized carbons (Fsp3) is 0.240. The largest absolute Gasteiger partial charge is 0.493 e. The summed E-state index contributed by atoms with van der Waals surface area (Å²) < 4.78 is 18.8. The Hall–Kier alpha value is -4.27. The number of ketones is 1. The zero-order chi connectivity index (χ0) is 23.2. The van der Waals surface area contributed by atoms with E-state index in [1.54, 1.807) is 31.3 Å². The van der Waals surface area contributed by atoms with Gasteiger partial charge in [0.2, 0.25) is 11.7 Å². The van der Waals surface area contributed by atoms with Crippen LogP contribution in [-0.4, -0.2) is 44.6 Å². The fourth-order valence-corrected chi connectivity index (χ4v) is 4.69. The van der Waals surface area contributed by atoms with Crippen molar-refractivity contribution in [2.75, 3.05) is 14.2 Å². The molecule has 0 amide bonds. The average Bonchev–Trinajstić information content (AvgIpc) is 3.32. The van der Waals surface area contributed by atoms with Crippen LogP contribution in [0.15, 0.2) is 60.3 Å². The third-order valence-corrected chi connectivity index (χ3v) is 6.23. The molecule has 170 valence electrons. The van der Waals surface area contributed by atoms with Crippen molar-refractivity contribution in [3.8, 4) is 28.9 Å². The van der Waals surface area contributed by atoms with Crippen molar-refractivity contribution in [3.05, 3.63) is 71.4 Å². The molecule has 4 heterocycles. The molecule has 0 saturated heterocycles. The molecule has 34 heavy (non-hydrogen) atoms. The Kier molecular flexibility index (Phi) is 4.75. The first-order valence-electron chi connectivity index (χ1n) is 11.0. The number of carbonyl (C=O) groups excluding carboxylic acids is 1. The molecule has 9 heteroatoms. The van der Waals surface area contributed by atoms with Crippen molar-refractivity contribution in [2.24, 2.45) is 0 Å². The molecule has 1 aliphatic carbocycles. The van der Waals surface area contributed by atoms with E-state index >= 15 is 0 Å². The molecule has 2 aliphatic rings. The van der Waals surface area contributed by atoms with Crippen molar-refractivity contribution in [1.29, 1.82) is 0 Å². The highest BCUT2D eigenvalue weighted by Crippen LogP contribution is 2.48. The molecule has 3 aromatic heterocycles. The predicted molar refractivity (Wildman–Crippen MR) is 122 cm³/mol. The van der Waals surface area contributed by atoms with Gasteiger partial charge in [-0.25, -0.2) is 14.5 Å². The van der Waals surface area contributed by atoms with Gasteiger partial charge in [-0.3, -0.25) is 9.78 Å². The molecule has 0 fully saturated rings. The first-order valence-corrected chi connectivity index (χ1v) is 11.0. The maximum absolute atomic E-state index is 13.2. The molecule has 1 unspecified atom stereocenters. The van der Waals surface area contributed by atoms with Gasteiger partial charge in [-0.1, -0.05) is 12.1 Å². The Balaban J connectivity index is 1.61. The molecule has 1 aliphatic heterocycles. The van der Waals surface area contributed by atoms with E-state index in [0.717, 1.165) is 12.0 Å². The third kappa shape index (κ3) is 3.12. The van der Waals surface area contributed by atoms with Crippen LogP contribution in [0.4, 0.5) is 0 Å². The van der Waals surface area contributed by atoms with Gasteiger partial charge in [0.15, 0.2) is 22.9 Å². The van der Waals surface area contributed by atoms with Crippen LogP contribution in [0.25, 0.3) is 17.2 Å². The number of rotatable bonds is 4. The van der Waals surface area contributed by atoms with Crippen molar-refractivity contribution in [2.45, 2.75) is 25.2 Å². The summed E-state index contributed by atoms with van der Waals surface area (Å²) >= 11 is 0. The van der Waals surface area contributed by atoms with Gasteiger partial charge in [0.25, 0.3) is 0 Å². The Morgan fingerprint density at radius 1 is 1.06 bits per heavy atom. The van der Waals surface area contributed by atoms with Gasteiger partial charge in [0.1, 0.15) is 17.8 Å². The van der Waals surface area contributed by atoms with Gasteiger partial charge in [-0.05, 0) is 36.2 Å². The highest BCUT2D eigenvalue weighted by atomic mass is 16.5. The number of fused-ring (bicyclic) bond motifs is 3. The number of Topliss-reactive ketones (excluding diaryl/α,β-unsaturated/α-hetero) is 1. The summed E-state index contributed by atoms with van der Waals surface area (Å²) in [6, 6.07) is 11.2. The van der Waals surface area contributed by atoms with Crippen LogP contribution < -0.4 is 14.2 Å². The van der Waals surface area contributed by atoms with Crippen LogP contribution in [0.3, 0.4) is 0 Å². The second kappa shape index (κ2) is 7.95. The summed E-state index contributed by atoms with van der Waals surface area (Å²) in [6.45, 7) is 0. The van der Waals surface area contributed by atoms with Gasteiger partial charge in [0, 0.05) is 24.6 Å². The number of ether oxygens (including phenoxy) is 3. The maximum atomic E-state index is 13.2. The number of benzene rings is 1. The van der Waals surface area contributed by atoms with Crippen LogP contribution in [0.5, 0.6) is 17.4 Å². The lowest BCUT2D eigenvalue weighted by molar-refractivity contribution is -0.116. The second-order valence-electron chi connectivity index (χ2n) is 8.15. The molecular formula is C25H21N5O4. The number of pyridine rings is 1. The van der Waals surface area contributed by atoms with Crippen LogP contribution in [0.2, 0.25) is 0 Å². The molecule has 0 N–H and O–H groups in total. The Morgan fingerprint density at radius 2 is 1.94 bits per heavy atom. The zero-order valence-electron chi connectivity index (χ0n) is 18.7. The fourth-order valence-electron chi connectivity index (χ4n) is 4.69. The van der Waals surface area contributed by atoms with E-state index in [-0.39, 0.29) is 5.78 Å². The number of methoxy groups -OCH3 is 2. The summed E-state index contributed by atoms with van der Waals surface area (Å²) in [5.41, 5.74) is 3.41. The van der Waals surface area contributed by atoms with Crippen molar-refractivity contribution >= 4 is 11.4 Å². The first-order chi connectivity index (χ1) is 16.7. The van der Waals surface area contributed by atoms with Crippen molar-refractivity contribution in [3.63, 3.8) is 0 Å². The summed E-state index contributed by atoms with van der Waals surface area (Å²) in [5, 5.41) is 4.58. The number of allylic oxidation sites excluding steroid dienone is 2. The minimum Gasteiger partial charge on any atom is -0.493 e. The summed E-state index contributed by atoms with van der Waals surface area (Å²) in [4.78, 5) is 26.9. The second-order valence-corrected chi connectivity index (χ2v) is 8.15. The molecule has 6 rings (SSSR count). The zero-order valence-corrected chi connectivity index (χ0v) is 18.7. The first kappa shape index (κ1) is 20.3. The van der Waals surface area contributed by atoms with Gasteiger partial charge < -0.3 is 14.2 Å². The standard InChI is InChI=1S/C25H21N5O4/c1-32-17-10-9-14(12-19(17)33-2)20-21-16(31)7-5-8-18(21)34-25-22(20)24-28-23(29-30(24)13-27-25)15-6-3-4-11-26-15/h3-4,6,9-13,20H,5,7-8H2,1-2H3. The lowest BCUT2D eigenvalue weighted by Crippen LogP contribution is -2.26. The van der Waals surface area contributed by atoms with Gasteiger partial charge in [-0.15, -0.1) is 5.10 Å². The number of hydrogen-bond acceptors (Lipinski definition) is 8. The molecular weight excluding hydrogens is 434 g/mol. The van der Waals surface area contributed by atoms with Gasteiger partial charge >= 0.3 is 0 Å². The molecule has 0 radical (unpaired) electrons. The molecule has 1 atom stereocenters. The molecule has 9 nitrogen and oxygen atoms in total. The van der Waals surface area contributed by atoms with Gasteiger partial charge in [0.05, 0.1) is 25.7 Å². The lowest BCUT2D eigenvalue weighted by Gasteiger charge is -2.32. The molecule has 4 aromatic rings. The summed E-state index contributed by atoms with van der Waals surface area (Å²) in [5.74, 6) is 2.40. The van der Waals surface area contributed by atoms with Crippen molar-refractivity contribution in [1.82, 2.24) is 24.6 Å². The number of aromatic nitrogens is 5. The van der Waals surface area contributed by atoms with Crippen LogP contribution in [-0.2, 0) is 4.79 Å². The predicted octanol–water partition coefficient (Wildman–Crippen LogP) is 3.73. The Labute approximate surface area is 195 Å². The quantitative estimate of drug-likeness (QED) is 0.459. The van der Waals surface area contributed by atoms with Crippen LogP contribution in [0, 0.1) is 0 Å². The maximum Gasteiger partial charge on any atom is 0.228 e. The molecule has 0 bridgehead atoms. The number of carbonyl (C=O) groups is 1. The topological polar surface area (TPSA) is 101 Å². The molecule has 0 saturated carbocycles. The van der Waals surface area contributed by atoms with E-state index in [0.29, 0.717) is 64.3 Å². The van der Waals surface area contributed by atoms with E-state index in [4.69, 9.17) is 19.2 Å². The minimum atomic E-state index is -0.427. The SMILES string of the molecule is COc1ccc(C2C3=C(CCCC3=O)Oc3ncn4nc(-c5ccccn5)nc4c32)cc1OC. The monoisotopic (exact) mass is 455 g/mol. The van der Waals surface area contributed by atoms with E-state index in [9.17, 15) is 4.79 Å². The summed E-state index contributed by atoms with van der Waals surface area (Å²) in [6.07, 6.45) is 5.19. The number of hydrogen-bond donors (Lipinski definition) is 0. The lowest BCUT2D eigenvalue weighted by atomic mass is 9.78. The Morgan fingerprint density at radius 3 is 2.74 bits per heavy atom. The highest BCUT2D eigenvalue weighted by Gasteiger charge is 2.40. The summed E-state index contributed by atoms with van der Waals surface area (Å²) in [7, 11) is 3.18. The van der Waals surface area contributed by atoms with E-state index < -0.39 is 5.92 Å². The normalized spacial score (nSPS) is 17.2.